The van der Waals surface area contributed by atoms with Crippen molar-refractivity contribution in [3.8, 4) is 10.6 Å². The van der Waals surface area contributed by atoms with Crippen molar-refractivity contribution in [3.05, 3.63) is 70.5 Å². The standard InChI is InChI=1S/C19H16N4O2S2/c24-17(22-19-20-14(12-27-19)15-7-4-10-26-15)8-9-18-21-16(23-25-18)11-13-5-2-1-3-6-13/h1-7,10,12H,8-9,11H2,(H,20,22,24). The smallest absolute Gasteiger partial charge is 0.227 e. The zero-order valence-corrected chi connectivity index (χ0v) is 15.9. The fourth-order valence-electron chi connectivity index (χ4n) is 2.51. The Morgan fingerprint density at radius 1 is 1.07 bits per heavy atom. The maximum atomic E-state index is 12.1. The maximum absolute atomic E-state index is 12.1. The molecule has 1 N–H and O–H groups in total. The Morgan fingerprint density at radius 2 is 1.96 bits per heavy atom. The van der Waals surface area contributed by atoms with Crippen LogP contribution in [0.25, 0.3) is 10.6 Å². The molecule has 0 radical (unpaired) electrons. The van der Waals surface area contributed by atoms with Gasteiger partial charge in [-0.05, 0) is 17.0 Å². The molecule has 6 nitrogen and oxygen atoms in total. The fourth-order valence-corrected chi connectivity index (χ4v) is 4.00. The lowest BCUT2D eigenvalue weighted by Crippen LogP contribution is -2.12. The second kappa shape index (κ2) is 8.24. The molecular weight excluding hydrogens is 380 g/mol. The summed E-state index contributed by atoms with van der Waals surface area (Å²) in [7, 11) is 0. The molecule has 1 amide bonds. The van der Waals surface area contributed by atoms with Crippen molar-refractivity contribution in [2.45, 2.75) is 19.3 Å². The number of hydrogen-bond donors (Lipinski definition) is 1. The van der Waals surface area contributed by atoms with E-state index in [2.05, 4.69) is 20.4 Å². The summed E-state index contributed by atoms with van der Waals surface area (Å²) in [4.78, 5) is 22.0. The fraction of sp³-hybridized carbons (Fsp3) is 0.158. The number of benzene rings is 1. The van der Waals surface area contributed by atoms with Crippen LogP contribution in [0.4, 0.5) is 5.13 Å². The molecule has 0 bridgehead atoms. The number of carbonyl (C=O) groups is 1. The first-order chi connectivity index (χ1) is 13.3. The van der Waals surface area contributed by atoms with Crippen LogP contribution < -0.4 is 5.32 Å². The highest BCUT2D eigenvalue weighted by Crippen LogP contribution is 2.28. The first-order valence-corrected chi connectivity index (χ1v) is 10.2. The molecule has 0 aliphatic heterocycles. The number of amides is 1. The van der Waals surface area contributed by atoms with Crippen molar-refractivity contribution in [1.82, 2.24) is 15.1 Å². The molecule has 8 heteroatoms. The molecule has 1 aromatic carbocycles. The summed E-state index contributed by atoms with van der Waals surface area (Å²) >= 11 is 3.04. The molecule has 0 fully saturated rings. The second-order valence-electron chi connectivity index (χ2n) is 5.83. The lowest BCUT2D eigenvalue weighted by Gasteiger charge is -1.99. The van der Waals surface area contributed by atoms with Gasteiger partial charge in [-0.15, -0.1) is 22.7 Å². The molecule has 0 saturated heterocycles. The highest BCUT2D eigenvalue weighted by atomic mass is 32.1. The third-order valence-electron chi connectivity index (χ3n) is 3.81. The van der Waals surface area contributed by atoms with E-state index in [9.17, 15) is 4.79 Å². The van der Waals surface area contributed by atoms with Gasteiger partial charge < -0.3 is 9.84 Å². The second-order valence-corrected chi connectivity index (χ2v) is 7.64. The zero-order chi connectivity index (χ0) is 18.5. The van der Waals surface area contributed by atoms with Gasteiger partial charge in [0.15, 0.2) is 11.0 Å². The third-order valence-corrected chi connectivity index (χ3v) is 5.46. The molecule has 0 aliphatic carbocycles. The Bertz CT molecular complexity index is 1010. The zero-order valence-electron chi connectivity index (χ0n) is 14.3. The Hall–Kier alpha value is -2.84. The van der Waals surface area contributed by atoms with E-state index in [0.717, 1.165) is 16.1 Å². The molecule has 0 unspecified atom stereocenters. The van der Waals surface area contributed by atoms with Gasteiger partial charge >= 0.3 is 0 Å². The monoisotopic (exact) mass is 396 g/mol. The molecule has 4 rings (SSSR count). The van der Waals surface area contributed by atoms with Crippen LogP contribution in [0, 0.1) is 0 Å². The number of aromatic nitrogens is 3. The molecule has 0 aliphatic rings. The van der Waals surface area contributed by atoms with E-state index in [4.69, 9.17) is 4.52 Å². The van der Waals surface area contributed by atoms with Gasteiger partial charge in [-0.1, -0.05) is 41.6 Å². The molecule has 0 saturated carbocycles. The van der Waals surface area contributed by atoms with Gasteiger partial charge in [0.2, 0.25) is 11.8 Å². The first kappa shape index (κ1) is 17.6. The van der Waals surface area contributed by atoms with Gasteiger partial charge in [0, 0.05) is 24.6 Å². The summed E-state index contributed by atoms with van der Waals surface area (Å²) < 4.78 is 5.24. The van der Waals surface area contributed by atoms with Crippen LogP contribution in [0.2, 0.25) is 0 Å². The van der Waals surface area contributed by atoms with E-state index in [1.807, 2.05) is 53.2 Å². The van der Waals surface area contributed by atoms with Gasteiger partial charge in [0.05, 0.1) is 10.6 Å². The Balaban J connectivity index is 1.28. The number of nitrogens with zero attached hydrogens (tertiary/aromatic N) is 3. The number of rotatable bonds is 7. The molecule has 4 aromatic rings. The number of thiazole rings is 1. The predicted molar refractivity (Wildman–Crippen MR) is 106 cm³/mol. The predicted octanol–water partition coefficient (Wildman–Crippen LogP) is 4.42. The van der Waals surface area contributed by atoms with E-state index in [-0.39, 0.29) is 12.3 Å². The highest BCUT2D eigenvalue weighted by Gasteiger charge is 2.12. The Kier molecular flexibility index (Phi) is 5.36. The quantitative estimate of drug-likeness (QED) is 0.500. The minimum atomic E-state index is -0.120. The maximum Gasteiger partial charge on any atom is 0.227 e. The van der Waals surface area contributed by atoms with Crippen LogP contribution in [-0.2, 0) is 17.6 Å². The summed E-state index contributed by atoms with van der Waals surface area (Å²) in [6.07, 6.45) is 1.28. The number of hydrogen-bond acceptors (Lipinski definition) is 7. The summed E-state index contributed by atoms with van der Waals surface area (Å²) in [6.45, 7) is 0. The number of anilines is 1. The molecule has 0 atom stereocenters. The topological polar surface area (TPSA) is 80.9 Å². The van der Waals surface area contributed by atoms with Gasteiger partial charge in [-0.25, -0.2) is 4.98 Å². The van der Waals surface area contributed by atoms with E-state index in [0.29, 0.717) is 29.7 Å². The van der Waals surface area contributed by atoms with Crippen molar-refractivity contribution in [3.63, 3.8) is 0 Å². The summed E-state index contributed by atoms with van der Waals surface area (Å²) in [5, 5.41) is 11.3. The normalized spacial score (nSPS) is 10.8. The van der Waals surface area contributed by atoms with Crippen molar-refractivity contribution < 1.29 is 9.32 Å². The highest BCUT2D eigenvalue weighted by molar-refractivity contribution is 7.16. The number of aryl methyl sites for hydroxylation is 1. The molecule has 3 heterocycles. The largest absolute Gasteiger partial charge is 0.339 e. The van der Waals surface area contributed by atoms with Crippen LogP contribution >= 0.6 is 22.7 Å². The van der Waals surface area contributed by atoms with Crippen LogP contribution in [0.5, 0.6) is 0 Å². The lowest BCUT2D eigenvalue weighted by molar-refractivity contribution is -0.116. The van der Waals surface area contributed by atoms with Crippen LogP contribution in [0.15, 0.2) is 57.7 Å². The number of thiophene rings is 1. The minimum Gasteiger partial charge on any atom is -0.339 e. The minimum absolute atomic E-state index is 0.120. The number of carbonyl (C=O) groups excluding carboxylic acids is 1. The molecule has 27 heavy (non-hydrogen) atoms. The van der Waals surface area contributed by atoms with Crippen molar-refractivity contribution in [1.29, 1.82) is 0 Å². The van der Waals surface area contributed by atoms with Crippen molar-refractivity contribution >= 4 is 33.7 Å². The van der Waals surface area contributed by atoms with Gasteiger partial charge in [0.1, 0.15) is 0 Å². The summed E-state index contributed by atoms with van der Waals surface area (Å²) in [5.74, 6) is 0.969. The van der Waals surface area contributed by atoms with Crippen LogP contribution in [-0.4, -0.2) is 21.0 Å². The average Bonchev–Trinajstić information content (AvgIpc) is 3.43. The lowest BCUT2D eigenvalue weighted by atomic mass is 10.1. The van der Waals surface area contributed by atoms with E-state index >= 15 is 0 Å². The van der Waals surface area contributed by atoms with Crippen molar-refractivity contribution in [2.75, 3.05) is 5.32 Å². The van der Waals surface area contributed by atoms with Crippen molar-refractivity contribution in [2.24, 2.45) is 0 Å². The van der Waals surface area contributed by atoms with Gasteiger partial charge in [0.25, 0.3) is 0 Å². The molecule has 0 spiro atoms. The van der Waals surface area contributed by atoms with E-state index < -0.39 is 0 Å². The van der Waals surface area contributed by atoms with E-state index in [1.165, 1.54) is 11.3 Å². The Labute approximate surface area is 163 Å². The third kappa shape index (κ3) is 4.66. The van der Waals surface area contributed by atoms with Gasteiger partial charge in [-0.3, -0.25) is 4.79 Å². The Morgan fingerprint density at radius 3 is 2.78 bits per heavy atom. The summed E-state index contributed by atoms with van der Waals surface area (Å²) in [6, 6.07) is 13.9. The molecular formula is C19H16N4O2S2. The summed E-state index contributed by atoms with van der Waals surface area (Å²) in [5.41, 5.74) is 2.00. The number of nitrogens with one attached hydrogen (secondary N) is 1. The van der Waals surface area contributed by atoms with Crippen LogP contribution in [0.3, 0.4) is 0 Å². The van der Waals surface area contributed by atoms with Crippen LogP contribution in [0.1, 0.15) is 23.7 Å². The average molecular weight is 396 g/mol. The molecule has 3 aromatic heterocycles. The van der Waals surface area contributed by atoms with Gasteiger partial charge in [-0.2, -0.15) is 4.98 Å². The first-order valence-electron chi connectivity index (χ1n) is 8.41. The molecule has 136 valence electrons. The SMILES string of the molecule is O=C(CCc1nc(Cc2ccccc2)no1)Nc1nc(-c2cccs2)cs1. The van der Waals surface area contributed by atoms with E-state index in [1.54, 1.807) is 11.3 Å².